The molecule has 3 heteroatoms. The lowest BCUT2D eigenvalue weighted by Crippen LogP contribution is -1.97. The van der Waals surface area contributed by atoms with Crippen molar-refractivity contribution in [2.45, 2.75) is 26.2 Å². The minimum absolute atomic E-state index is 0.856. The van der Waals surface area contributed by atoms with Crippen LogP contribution in [0.25, 0.3) is 5.69 Å². The number of ether oxygens (including phenoxy) is 1. The van der Waals surface area contributed by atoms with Crippen LogP contribution in [0.5, 0.6) is 5.75 Å². The third-order valence-corrected chi connectivity index (χ3v) is 4.23. The zero-order valence-corrected chi connectivity index (χ0v) is 14.9. The Hall–Kier alpha value is -2.81. The van der Waals surface area contributed by atoms with Crippen molar-refractivity contribution in [1.29, 1.82) is 0 Å². The van der Waals surface area contributed by atoms with Crippen LogP contribution in [0.3, 0.4) is 0 Å². The fourth-order valence-electron chi connectivity index (χ4n) is 2.75. The zero-order chi connectivity index (χ0) is 17.5. The first kappa shape index (κ1) is 17.0. The van der Waals surface area contributed by atoms with E-state index in [1.54, 1.807) is 7.11 Å². The van der Waals surface area contributed by atoms with E-state index in [1.807, 2.05) is 42.7 Å². The highest BCUT2D eigenvalue weighted by atomic mass is 16.5. The van der Waals surface area contributed by atoms with Gasteiger partial charge in [-0.15, -0.1) is 0 Å². The van der Waals surface area contributed by atoms with Gasteiger partial charge in [0.25, 0.3) is 0 Å². The molecule has 0 unspecified atom stereocenters. The van der Waals surface area contributed by atoms with Gasteiger partial charge in [0.2, 0.25) is 0 Å². The van der Waals surface area contributed by atoms with Gasteiger partial charge in [0, 0.05) is 11.9 Å². The van der Waals surface area contributed by atoms with Gasteiger partial charge < -0.3 is 9.30 Å². The van der Waals surface area contributed by atoms with Crippen molar-refractivity contribution < 1.29 is 4.74 Å². The van der Waals surface area contributed by atoms with Crippen molar-refractivity contribution in [3.05, 3.63) is 78.1 Å². The number of aromatic nitrogens is 1. The Morgan fingerprint density at radius 1 is 1.00 bits per heavy atom. The van der Waals surface area contributed by atoms with E-state index in [2.05, 4.69) is 46.8 Å². The van der Waals surface area contributed by atoms with Crippen LogP contribution >= 0.6 is 0 Å². The van der Waals surface area contributed by atoms with E-state index < -0.39 is 0 Å². The Labute approximate surface area is 149 Å². The zero-order valence-electron chi connectivity index (χ0n) is 14.9. The van der Waals surface area contributed by atoms with E-state index in [1.165, 1.54) is 18.4 Å². The molecule has 0 amide bonds. The molecule has 0 aliphatic carbocycles. The first-order valence-electron chi connectivity index (χ1n) is 8.75. The van der Waals surface area contributed by atoms with Crippen LogP contribution in [0.15, 0.2) is 71.9 Å². The lowest BCUT2D eigenvalue weighted by Gasteiger charge is -2.07. The molecular weight excluding hydrogens is 308 g/mol. The topological polar surface area (TPSA) is 26.5 Å². The molecule has 0 aliphatic heterocycles. The van der Waals surface area contributed by atoms with Crippen molar-refractivity contribution in [3.8, 4) is 11.4 Å². The second-order valence-electron chi connectivity index (χ2n) is 6.03. The summed E-state index contributed by atoms with van der Waals surface area (Å²) in [5.74, 6) is 0.856. The van der Waals surface area contributed by atoms with Gasteiger partial charge in [-0.2, -0.15) is 0 Å². The smallest absolute Gasteiger partial charge is 0.119 e. The van der Waals surface area contributed by atoms with Crippen LogP contribution in [0.4, 0.5) is 5.69 Å². The summed E-state index contributed by atoms with van der Waals surface area (Å²) in [7, 11) is 1.68. The van der Waals surface area contributed by atoms with Gasteiger partial charge in [-0.1, -0.05) is 25.5 Å². The molecule has 0 radical (unpaired) electrons. The van der Waals surface area contributed by atoms with E-state index in [0.29, 0.717) is 0 Å². The van der Waals surface area contributed by atoms with Gasteiger partial charge >= 0.3 is 0 Å². The van der Waals surface area contributed by atoms with E-state index in [4.69, 9.17) is 4.74 Å². The Balaban J connectivity index is 1.74. The standard InChI is InChI=1S/C22H24N2O/c1-3-4-6-18-8-10-19(11-9-18)23-17-21-7-5-16-24(21)20-12-14-22(25-2)15-13-20/h5,7-17H,3-4,6H2,1-2H3. The minimum atomic E-state index is 0.856. The Morgan fingerprint density at radius 3 is 2.44 bits per heavy atom. The molecule has 0 aliphatic rings. The molecule has 2 aromatic carbocycles. The lowest BCUT2D eigenvalue weighted by molar-refractivity contribution is 0.415. The third-order valence-electron chi connectivity index (χ3n) is 4.23. The van der Waals surface area contributed by atoms with Crippen molar-refractivity contribution in [3.63, 3.8) is 0 Å². The predicted octanol–water partition coefficient (Wildman–Crippen LogP) is 5.58. The highest BCUT2D eigenvalue weighted by Crippen LogP contribution is 2.18. The van der Waals surface area contributed by atoms with Crippen molar-refractivity contribution in [2.24, 2.45) is 4.99 Å². The fourth-order valence-corrected chi connectivity index (χ4v) is 2.75. The summed E-state index contributed by atoms with van der Waals surface area (Å²) >= 11 is 0. The molecule has 0 fully saturated rings. The van der Waals surface area contributed by atoms with E-state index in [0.717, 1.165) is 29.2 Å². The summed E-state index contributed by atoms with van der Waals surface area (Å²) < 4.78 is 7.33. The maximum absolute atomic E-state index is 5.22. The van der Waals surface area contributed by atoms with E-state index in [-0.39, 0.29) is 0 Å². The average molecular weight is 332 g/mol. The molecule has 128 valence electrons. The number of nitrogens with zero attached hydrogens (tertiary/aromatic N) is 2. The second-order valence-corrected chi connectivity index (χ2v) is 6.03. The number of rotatable bonds is 7. The van der Waals surface area contributed by atoms with Crippen LogP contribution in [-0.2, 0) is 6.42 Å². The summed E-state index contributed by atoms with van der Waals surface area (Å²) in [6.45, 7) is 2.22. The van der Waals surface area contributed by atoms with Gasteiger partial charge in [-0.05, 0) is 66.9 Å². The molecule has 0 bridgehead atoms. The highest BCUT2D eigenvalue weighted by Gasteiger charge is 2.02. The van der Waals surface area contributed by atoms with Crippen LogP contribution in [0, 0.1) is 0 Å². The Bertz CT molecular complexity index is 814. The molecule has 0 atom stereocenters. The quantitative estimate of drug-likeness (QED) is 0.519. The van der Waals surface area contributed by atoms with Gasteiger partial charge in [0.05, 0.1) is 24.7 Å². The number of benzene rings is 2. The van der Waals surface area contributed by atoms with Gasteiger partial charge in [-0.3, -0.25) is 4.99 Å². The summed E-state index contributed by atoms with van der Waals surface area (Å²) in [6.07, 6.45) is 7.54. The van der Waals surface area contributed by atoms with Crippen molar-refractivity contribution in [2.75, 3.05) is 7.11 Å². The normalized spacial score (nSPS) is 11.1. The number of unbranched alkanes of at least 4 members (excludes halogenated alkanes) is 1. The average Bonchev–Trinajstić information content (AvgIpc) is 3.14. The molecule has 0 N–H and O–H groups in total. The third kappa shape index (κ3) is 4.38. The molecule has 25 heavy (non-hydrogen) atoms. The van der Waals surface area contributed by atoms with Gasteiger partial charge in [0.1, 0.15) is 5.75 Å². The summed E-state index contributed by atoms with van der Waals surface area (Å²) in [6, 6.07) is 20.6. The molecule has 1 aromatic heterocycles. The molecular formula is C22H24N2O. The Morgan fingerprint density at radius 2 is 1.76 bits per heavy atom. The number of aryl methyl sites for hydroxylation is 1. The largest absolute Gasteiger partial charge is 0.497 e. The first-order valence-corrected chi connectivity index (χ1v) is 8.75. The van der Waals surface area contributed by atoms with Crippen molar-refractivity contribution >= 4 is 11.9 Å². The molecule has 0 spiro atoms. The molecule has 0 saturated heterocycles. The van der Waals surface area contributed by atoms with Crippen molar-refractivity contribution in [1.82, 2.24) is 4.57 Å². The van der Waals surface area contributed by atoms with Crippen LogP contribution in [0.2, 0.25) is 0 Å². The first-order chi connectivity index (χ1) is 12.3. The van der Waals surface area contributed by atoms with Gasteiger partial charge in [-0.25, -0.2) is 0 Å². The molecule has 0 saturated carbocycles. The van der Waals surface area contributed by atoms with E-state index in [9.17, 15) is 0 Å². The van der Waals surface area contributed by atoms with Gasteiger partial charge in [0.15, 0.2) is 0 Å². The molecule has 3 rings (SSSR count). The summed E-state index contributed by atoms with van der Waals surface area (Å²) in [5, 5.41) is 0. The fraction of sp³-hybridized carbons (Fsp3) is 0.227. The molecule has 3 nitrogen and oxygen atoms in total. The van der Waals surface area contributed by atoms with Crippen LogP contribution < -0.4 is 4.74 Å². The minimum Gasteiger partial charge on any atom is -0.497 e. The monoisotopic (exact) mass is 332 g/mol. The molecule has 3 aromatic rings. The number of hydrogen-bond acceptors (Lipinski definition) is 2. The number of methoxy groups -OCH3 is 1. The van der Waals surface area contributed by atoms with Crippen LogP contribution in [0.1, 0.15) is 31.0 Å². The second kappa shape index (κ2) is 8.34. The maximum atomic E-state index is 5.22. The molecule has 1 heterocycles. The summed E-state index contributed by atoms with van der Waals surface area (Å²) in [5.41, 5.74) is 4.48. The maximum Gasteiger partial charge on any atom is 0.119 e. The number of hydrogen-bond donors (Lipinski definition) is 0. The summed E-state index contributed by atoms with van der Waals surface area (Å²) in [4.78, 5) is 4.62. The van der Waals surface area contributed by atoms with E-state index >= 15 is 0 Å². The Kier molecular flexibility index (Phi) is 5.68. The predicted molar refractivity (Wildman–Crippen MR) is 105 cm³/mol. The SMILES string of the molecule is CCCCc1ccc(N=Cc2cccn2-c2ccc(OC)cc2)cc1. The lowest BCUT2D eigenvalue weighted by atomic mass is 10.1. The highest BCUT2D eigenvalue weighted by molar-refractivity contribution is 5.81. The van der Waals surface area contributed by atoms with Crippen LogP contribution in [-0.4, -0.2) is 17.9 Å². The number of aliphatic imine (C=N–C) groups is 1.